The zero-order valence-corrected chi connectivity index (χ0v) is 20.1. The molecule has 4 aromatic rings. The highest BCUT2D eigenvalue weighted by molar-refractivity contribution is 5.86. The minimum atomic E-state index is -0.0404. The van der Waals surface area contributed by atoms with E-state index in [0.29, 0.717) is 37.6 Å². The first-order valence-corrected chi connectivity index (χ1v) is 11.8. The average molecular weight is 473 g/mol. The number of aryl methyl sites for hydroxylation is 2. The Kier molecular flexibility index (Phi) is 6.27. The molecular formula is C27H28N4O4. The van der Waals surface area contributed by atoms with Crippen molar-refractivity contribution in [3.8, 4) is 23.1 Å². The zero-order chi connectivity index (χ0) is 24.4. The van der Waals surface area contributed by atoms with E-state index >= 15 is 0 Å². The Bertz CT molecular complexity index is 1380. The van der Waals surface area contributed by atoms with E-state index in [4.69, 9.17) is 24.3 Å². The Morgan fingerprint density at radius 3 is 2.71 bits per heavy atom. The topological polar surface area (TPSA) is 87.5 Å². The van der Waals surface area contributed by atoms with Gasteiger partial charge in [-0.15, -0.1) is 0 Å². The van der Waals surface area contributed by atoms with Gasteiger partial charge in [0, 0.05) is 23.9 Å². The SMILES string of the molecule is CCOc1nc2c(c(C)nn2-c2ccccc2)c(C)c1CCC(=O)NCc1ccc2c(c1)OCO2. The molecule has 180 valence electrons. The number of carbonyl (C=O) groups excluding carboxylic acids is 1. The number of nitrogens with one attached hydrogen (secondary N) is 1. The molecule has 2 aromatic heterocycles. The minimum Gasteiger partial charge on any atom is -0.478 e. The smallest absolute Gasteiger partial charge is 0.231 e. The Labute approximate surface area is 203 Å². The molecule has 35 heavy (non-hydrogen) atoms. The van der Waals surface area contributed by atoms with E-state index in [2.05, 4.69) is 12.2 Å². The van der Waals surface area contributed by atoms with Crippen molar-refractivity contribution in [1.29, 1.82) is 0 Å². The van der Waals surface area contributed by atoms with E-state index in [-0.39, 0.29) is 12.7 Å². The number of benzene rings is 2. The van der Waals surface area contributed by atoms with E-state index in [1.807, 2.05) is 67.1 Å². The summed E-state index contributed by atoms with van der Waals surface area (Å²) in [6.45, 7) is 7.11. The van der Waals surface area contributed by atoms with E-state index in [1.54, 1.807) is 0 Å². The highest BCUT2D eigenvalue weighted by Crippen LogP contribution is 2.33. The van der Waals surface area contributed by atoms with Gasteiger partial charge < -0.3 is 19.5 Å². The molecule has 1 N–H and O–H groups in total. The van der Waals surface area contributed by atoms with Gasteiger partial charge >= 0.3 is 0 Å². The first-order valence-electron chi connectivity index (χ1n) is 11.8. The van der Waals surface area contributed by atoms with Crippen LogP contribution < -0.4 is 19.5 Å². The summed E-state index contributed by atoms with van der Waals surface area (Å²) in [6, 6.07) is 15.6. The molecule has 8 nitrogen and oxygen atoms in total. The molecule has 5 rings (SSSR count). The average Bonchev–Trinajstić information content (AvgIpc) is 3.47. The van der Waals surface area contributed by atoms with Crippen molar-refractivity contribution < 1.29 is 19.0 Å². The van der Waals surface area contributed by atoms with Crippen LogP contribution in [0.1, 0.15) is 35.7 Å². The number of hydrogen-bond acceptors (Lipinski definition) is 6. The number of hydrogen-bond donors (Lipinski definition) is 1. The number of para-hydroxylation sites is 1. The summed E-state index contributed by atoms with van der Waals surface area (Å²) in [4.78, 5) is 17.5. The molecule has 3 heterocycles. The Balaban J connectivity index is 1.35. The van der Waals surface area contributed by atoms with Crippen molar-refractivity contribution in [3.05, 3.63) is 70.9 Å². The molecule has 0 bridgehead atoms. The fraction of sp³-hybridized carbons (Fsp3) is 0.296. The quantitative estimate of drug-likeness (QED) is 0.409. The lowest BCUT2D eigenvalue weighted by molar-refractivity contribution is -0.121. The number of ether oxygens (including phenoxy) is 3. The normalized spacial score (nSPS) is 12.2. The van der Waals surface area contributed by atoms with Crippen molar-refractivity contribution in [1.82, 2.24) is 20.1 Å². The van der Waals surface area contributed by atoms with Crippen LogP contribution in [0.5, 0.6) is 17.4 Å². The summed E-state index contributed by atoms with van der Waals surface area (Å²) in [5.41, 5.74) is 5.53. The Morgan fingerprint density at radius 2 is 1.91 bits per heavy atom. The lowest BCUT2D eigenvalue weighted by Gasteiger charge is -2.14. The van der Waals surface area contributed by atoms with Crippen LogP contribution in [-0.4, -0.2) is 34.1 Å². The van der Waals surface area contributed by atoms with Crippen molar-refractivity contribution in [3.63, 3.8) is 0 Å². The predicted molar refractivity (Wildman–Crippen MR) is 132 cm³/mol. The first-order chi connectivity index (χ1) is 17.0. The van der Waals surface area contributed by atoms with E-state index in [1.165, 1.54) is 0 Å². The number of carbonyl (C=O) groups is 1. The van der Waals surface area contributed by atoms with Gasteiger partial charge in [0.05, 0.1) is 18.0 Å². The molecule has 1 amide bonds. The summed E-state index contributed by atoms with van der Waals surface area (Å²) in [6.07, 6.45) is 0.845. The molecule has 0 unspecified atom stereocenters. The van der Waals surface area contributed by atoms with Crippen LogP contribution in [0.2, 0.25) is 0 Å². The molecule has 1 aliphatic rings. The fourth-order valence-electron chi connectivity index (χ4n) is 4.41. The highest BCUT2D eigenvalue weighted by Gasteiger charge is 2.21. The van der Waals surface area contributed by atoms with Crippen molar-refractivity contribution in [2.75, 3.05) is 13.4 Å². The molecule has 0 fully saturated rings. The largest absolute Gasteiger partial charge is 0.478 e. The summed E-state index contributed by atoms with van der Waals surface area (Å²) < 4.78 is 18.5. The van der Waals surface area contributed by atoms with Gasteiger partial charge in [-0.3, -0.25) is 4.79 Å². The summed E-state index contributed by atoms with van der Waals surface area (Å²) in [7, 11) is 0. The van der Waals surface area contributed by atoms with Crippen molar-refractivity contribution in [2.45, 2.75) is 40.2 Å². The van der Waals surface area contributed by atoms with Gasteiger partial charge in [0.15, 0.2) is 17.1 Å². The van der Waals surface area contributed by atoms with Gasteiger partial charge in [-0.1, -0.05) is 24.3 Å². The van der Waals surface area contributed by atoms with Crippen LogP contribution in [-0.2, 0) is 17.8 Å². The van der Waals surface area contributed by atoms with Gasteiger partial charge in [0.2, 0.25) is 18.6 Å². The van der Waals surface area contributed by atoms with Crippen LogP contribution in [0.15, 0.2) is 48.5 Å². The predicted octanol–water partition coefficient (Wildman–Crippen LogP) is 4.41. The Hall–Kier alpha value is -4.07. The number of nitrogens with zero attached hydrogens (tertiary/aromatic N) is 3. The first kappa shape index (κ1) is 22.7. The van der Waals surface area contributed by atoms with Crippen molar-refractivity contribution >= 4 is 16.9 Å². The number of pyridine rings is 1. The third-order valence-corrected chi connectivity index (χ3v) is 6.14. The third-order valence-electron chi connectivity index (χ3n) is 6.14. The second kappa shape index (κ2) is 9.66. The molecule has 8 heteroatoms. The molecule has 0 radical (unpaired) electrons. The number of rotatable bonds is 8. The van der Waals surface area contributed by atoms with E-state index in [0.717, 1.165) is 44.9 Å². The maximum absolute atomic E-state index is 12.7. The molecule has 0 atom stereocenters. The van der Waals surface area contributed by atoms with Crippen molar-refractivity contribution in [2.24, 2.45) is 0 Å². The molecule has 0 spiro atoms. The maximum atomic E-state index is 12.7. The summed E-state index contributed by atoms with van der Waals surface area (Å²) in [5.74, 6) is 1.95. The van der Waals surface area contributed by atoms with Crippen LogP contribution in [0.25, 0.3) is 16.7 Å². The molecule has 0 saturated carbocycles. The second-order valence-electron chi connectivity index (χ2n) is 8.45. The van der Waals surface area contributed by atoms with Gasteiger partial charge in [-0.2, -0.15) is 10.1 Å². The third kappa shape index (κ3) is 4.51. The monoisotopic (exact) mass is 472 g/mol. The van der Waals surface area contributed by atoms with E-state index < -0.39 is 0 Å². The van der Waals surface area contributed by atoms with Gasteiger partial charge in [-0.05, 0) is 62.6 Å². The Morgan fingerprint density at radius 1 is 1.11 bits per heavy atom. The molecular weight excluding hydrogens is 444 g/mol. The second-order valence-corrected chi connectivity index (χ2v) is 8.45. The molecule has 0 aliphatic carbocycles. The van der Waals surface area contributed by atoms with Crippen LogP contribution >= 0.6 is 0 Å². The van der Waals surface area contributed by atoms with Gasteiger partial charge in [0.1, 0.15) is 0 Å². The van der Waals surface area contributed by atoms with E-state index in [9.17, 15) is 4.79 Å². The lowest BCUT2D eigenvalue weighted by Crippen LogP contribution is -2.23. The van der Waals surface area contributed by atoms with Crippen LogP contribution in [0.4, 0.5) is 0 Å². The number of fused-ring (bicyclic) bond motifs is 2. The summed E-state index contributed by atoms with van der Waals surface area (Å²) in [5, 5.41) is 8.73. The van der Waals surface area contributed by atoms with Gasteiger partial charge in [-0.25, -0.2) is 4.68 Å². The van der Waals surface area contributed by atoms with Gasteiger partial charge in [0.25, 0.3) is 0 Å². The number of amides is 1. The minimum absolute atomic E-state index is 0.0404. The fourth-order valence-corrected chi connectivity index (χ4v) is 4.41. The lowest BCUT2D eigenvalue weighted by atomic mass is 10.0. The van der Waals surface area contributed by atoms with Crippen LogP contribution in [0, 0.1) is 13.8 Å². The molecule has 2 aromatic carbocycles. The summed E-state index contributed by atoms with van der Waals surface area (Å²) >= 11 is 0. The molecule has 0 saturated heterocycles. The van der Waals surface area contributed by atoms with Crippen LogP contribution in [0.3, 0.4) is 0 Å². The number of aromatic nitrogens is 3. The molecule has 1 aliphatic heterocycles. The standard InChI is InChI=1S/C27H28N4O4/c1-4-33-27-21(11-13-24(32)28-15-19-10-12-22-23(14-19)35-16-34-22)17(2)25-18(3)30-31(26(25)29-27)20-8-6-5-7-9-20/h5-10,12,14H,4,11,13,15-16H2,1-3H3,(H,28,32). The zero-order valence-electron chi connectivity index (χ0n) is 20.1. The highest BCUT2D eigenvalue weighted by atomic mass is 16.7. The maximum Gasteiger partial charge on any atom is 0.231 e.